The topological polar surface area (TPSA) is 62.1 Å². The van der Waals surface area contributed by atoms with E-state index in [0.717, 1.165) is 22.7 Å². The van der Waals surface area contributed by atoms with Crippen LogP contribution in [0.1, 0.15) is 0 Å². The molecule has 51 heavy (non-hydrogen) atoms. The number of benzene rings is 7. The van der Waals surface area contributed by atoms with Crippen molar-refractivity contribution >= 4 is 83.0 Å². The Morgan fingerprint density at radius 1 is 0.294 bits per heavy atom. The van der Waals surface area contributed by atoms with Gasteiger partial charge < -0.3 is 14.2 Å². The van der Waals surface area contributed by atoms with Gasteiger partial charge in [0.15, 0.2) is 16.3 Å². The van der Waals surface area contributed by atoms with Gasteiger partial charge in [-0.2, -0.15) is 0 Å². The van der Waals surface area contributed by atoms with Crippen molar-refractivity contribution in [1.82, 2.24) is 4.40 Å². The summed E-state index contributed by atoms with van der Waals surface area (Å²) in [4.78, 5) is 48.1. The minimum atomic E-state index is -0.243. The SMILES string of the molecule is O=c1c2cccc3c(=O)c4cc(N(c5ccccc5)c5ccccc5)cc5c(=O)c6cc(N(c7ccccc7)c7ccccc7)cc1c6n(c23)c45. The minimum absolute atomic E-state index is 0.217. The number of pyridine rings is 3. The fourth-order valence-electron chi connectivity index (χ4n) is 7.80. The Labute approximate surface area is 290 Å². The molecule has 7 aromatic carbocycles. The van der Waals surface area contributed by atoms with Crippen LogP contribution >= 0.6 is 0 Å². The lowest BCUT2D eigenvalue weighted by atomic mass is 9.96. The first-order valence-corrected chi connectivity index (χ1v) is 16.8. The largest absolute Gasteiger partial charge is 0.310 e. The maximum atomic E-state index is 15.1. The average Bonchev–Trinajstić information content (AvgIpc) is 3.18. The zero-order chi connectivity index (χ0) is 34.2. The summed E-state index contributed by atoms with van der Waals surface area (Å²) in [6, 6.07) is 52.5. The van der Waals surface area contributed by atoms with Crippen molar-refractivity contribution < 1.29 is 0 Å². The van der Waals surface area contributed by atoms with Crippen molar-refractivity contribution in [1.29, 1.82) is 0 Å². The highest BCUT2D eigenvalue weighted by Gasteiger charge is 2.26. The molecule has 3 aromatic heterocycles. The summed E-state index contributed by atoms with van der Waals surface area (Å²) in [7, 11) is 0. The standard InChI is InChI=1S/C45H27N3O3/c49-43-34-22-13-23-35-40(34)48-41-36(43)24-32(46(28-14-5-1-6-15-28)29-16-7-2-8-17-29)26-38(41)45(51)39-27-33(25-37(42(39)48)44(35)50)47(30-18-9-3-10-19-30)31-20-11-4-12-21-31/h1-27H. The third kappa shape index (κ3) is 4.20. The van der Waals surface area contributed by atoms with Crippen LogP contribution in [-0.2, 0) is 0 Å². The summed E-state index contributed by atoms with van der Waals surface area (Å²) in [5, 5.41) is 2.53. The summed E-state index contributed by atoms with van der Waals surface area (Å²) >= 11 is 0. The molecule has 6 nitrogen and oxygen atoms in total. The van der Waals surface area contributed by atoms with E-state index in [2.05, 4.69) is 9.80 Å². The fraction of sp³-hybridized carbons (Fsp3) is 0. The molecule has 10 aromatic rings. The molecule has 6 heteroatoms. The molecular formula is C45H27N3O3. The van der Waals surface area contributed by atoms with Crippen molar-refractivity contribution in [2.24, 2.45) is 0 Å². The molecule has 240 valence electrons. The maximum absolute atomic E-state index is 15.1. The zero-order valence-electron chi connectivity index (χ0n) is 27.2. The van der Waals surface area contributed by atoms with E-state index in [4.69, 9.17) is 0 Å². The molecule has 0 unspecified atom stereocenters. The molecule has 0 aliphatic rings. The van der Waals surface area contributed by atoms with Gasteiger partial charge in [-0.3, -0.25) is 14.4 Å². The molecule has 0 fully saturated rings. The third-order valence-electron chi connectivity index (χ3n) is 9.94. The summed E-state index contributed by atoms with van der Waals surface area (Å²) < 4.78 is 1.99. The molecule has 0 aliphatic heterocycles. The first-order chi connectivity index (χ1) is 25.1. The second-order valence-electron chi connectivity index (χ2n) is 12.8. The number of nitrogens with zero attached hydrogens (tertiary/aromatic N) is 3. The molecule has 0 bridgehead atoms. The summed E-state index contributed by atoms with van der Waals surface area (Å²) in [5.74, 6) is 0. The van der Waals surface area contributed by atoms with Gasteiger partial charge in [0.05, 0.1) is 16.6 Å². The van der Waals surface area contributed by atoms with Crippen LogP contribution in [0.3, 0.4) is 0 Å². The number of anilines is 6. The monoisotopic (exact) mass is 657 g/mol. The second-order valence-corrected chi connectivity index (χ2v) is 12.8. The molecule has 3 heterocycles. The Bertz CT molecular complexity index is 2800. The number of hydrogen-bond donors (Lipinski definition) is 0. The van der Waals surface area contributed by atoms with Crippen LogP contribution in [-0.4, -0.2) is 4.40 Å². The van der Waals surface area contributed by atoms with Crippen molar-refractivity contribution in [2.75, 3.05) is 9.80 Å². The van der Waals surface area contributed by atoms with Gasteiger partial charge in [-0.05, 0) is 84.9 Å². The molecule has 0 amide bonds. The fourth-order valence-corrected chi connectivity index (χ4v) is 7.80. The highest BCUT2D eigenvalue weighted by molar-refractivity contribution is 6.18. The predicted molar refractivity (Wildman–Crippen MR) is 209 cm³/mol. The van der Waals surface area contributed by atoms with Crippen LogP contribution in [0.25, 0.3) is 48.9 Å². The Morgan fingerprint density at radius 2 is 0.569 bits per heavy atom. The predicted octanol–water partition coefficient (Wildman–Crippen LogP) is 9.89. The molecular weight excluding hydrogens is 631 g/mol. The Kier molecular flexibility index (Phi) is 6.23. The number of hydrogen-bond acceptors (Lipinski definition) is 5. The maximum Gasteiger partial charge on any atom is 0.197 e. The van der Waals surface area contributed by atoms with Gasteiger partial charge in [0.25, 0.3) is 0 Å². The van der Waals surface area contributed by atoms with Crippen LogP contribution in [0.5, 0.6) is 0 Å². The first kappa shape index (κ1) is 28.9. The van der Waals surface area contributed by atoms with Gasteiger partial charge in [-0.25, -0.2) is 0 Å². The van der Waals surface area contributed by atoms with Crippen molar-refractivity contribution in [3.8, 4) is 0 Å². The van der Waals surface area contributed by atoms with E-state index in [1.807, 2.05) is 150 Å². The van der Waals surface area contributed by atoms with E-state index in [1.165, 1.54) is 0 Å². The second kappa shape index (κ2) is 11.0. The van der Waals surface area contributed by atoms with E-state index < -0.39 is 0 Å². The van der Waals surface area contributed by atoms with Crippen LogP contribution in [0, 0.1) is 0 Å². The van der Waals surface area contributed by atoms with Crippen LogP contribution in [0.4, 0.5) is 34.1 Å². The van der Waals surface area contributed by atoms with Crippen LogP contribution in [0.2, 0.25) is 0 Å². The number of aromatic nitrogens is 1. The molecule has 0 radical (unpaired) electrons. The van der Waals surface area contributed by atoms with Gasteiger partial charge in [-0.15, -0.1) is 0 Å². The van der Waals surface area contributed by atoms with E-state index in [-0.39, 0.29) is 16.3 Å². The summed E-state index contributed by atoms with van der Waals surface area (Å²) in [6.07, 6.45) is 0. The van der Waals surface area contributed by atoms with Gasteiger partial charge >= 0.3 is 0 Å². The van der Waals surface area contributed by atoms with Gasteiger partial charge in [0.1, 0.15) is 0 Å². The molecule has 10 rings (SSSR count). The lowest BCUT2D eigenvalue weighted by Gasteiger charge is -2.28. The first-order valence-electron chi connectivity index (χ1n) is 16.8. The minimum Gasteiger partial charge on any atom is -0.310 e. The van der Waals surface area contributed by atoms with Crippen molar-refractivity contribution in [2.45, 2.75) is 0 Å². The van der Waals surface area contributed by atoms with Gasteiger partial charge in [0.2, 0.25) is 0 Å². The van der Waals surface area contributed by atoms with Gasteiger partial charge in [0, 0.05) is 66.4 Å². The van der Waals surface area contributed by atoms with Crippen molar-refractivity contribution in [3.63, 3.8) is 0 Å². The molecule has 0 saturated heterocycles. The molecule has 0 atom stereocenters. The summed E-state index contributed by atoms with van der Waals surface area (Å²) in [6.45, 7) is 0. The quantitative estimate of drug-likeness (QED) is 0.132. The Hall–Kier alpha value is -7.05. The number of rotatable bonds is 6. The smallest absolute Gasteiger partial charge is 0.197 e. The van der Waals surface area contributed by atoms with Gasteiger partial charge in [-0.1, -0.05) is 78.9 Å². The normalized spacial score (nSPS) is 11.8. The lowest BCUT2D eigenvalue weighted by molar-refractivity contribution is 1.27. The average molecular weight is 658 g/mol. The molecule has 0 N–H and O–H groups in total. The van der Waals surface area contributed by atoms with Crippen molar-refractivity contribution in [3.05, 3.63) is 194 Å². The zero-order valence-corrected chi connectivity index (χ0v) is 27.2. The number of para-hydroxylation sites is 5. The molecule has 0 spiro atoms. The lowest BCUT2D eigenvalue weighted by Crippen LogP contribution is -2.21. The van der Waals surface area contributed by atoms with Crippen LogP contribution in [0.15, 0.2) is 178 Å². The Morgan fingerprint density at radius 3 is 0.882 bits per heavy atom. The molecule has 0 aliphatic carbocycles. The Balaban J connectivity index is 1.38. The van der Waals surface area contributed by atoms with Crippen LogP contribution < -0.4 is 26.1 Å². The van der Waals surface area contributed by atoms with E-state index in [0.29, 0.717) is 60.2 Å². The summed E-state index contributed by atoms with van der Waals surface area (Å²) in [5.41, 5.74) is 5.83. The van der Waals surface area contributed by atoms with E-state index >= 15 is 4.79 Å². The molecule has 0 saturated carbocycles. The third-order valence-corrected chi connectivity index (χ3v) is 9.94. The highest BCUT2D eigenvalue weighted by atomic mass is 16.1. The highest BCUT2D eigenvalue weighted by Crippen LogP contribution is 2.41. The van der Waals surface area contributed by atoms with E-state index in [9.17, 15) is 9.59 Å². The van der Waals surface area contributed by atoms with E-state index in [1.54, 1.807) is 18.2 Å².